The lowest BCUT2D eigenvalue weighted by Gasteiger charge is -2.32. The van der Waals surface area contributed by atoms with Crippen LogP contribution in [0.2, 0.25) is 0 Å². The predicted molar refractivity (Wildman–Crippen MR) is 103 cm³/mol. The monoisotopic (exact) mass is 365 g/mol. The molecule has 0 bridgehead atoms. The lowest BCUT2D eigenvalue weighted by atomic mass is 9.96. The molecular weight excluding hydrogens is 338 g/mol. The highest BCUT2D eigenvalue weighted by molar-refractivity contribution is 5.97. The van der Waals surface area contributed by atoms with Crippen LogP contribution >= 0.6 is 12.4 Å². The molecule has 1 saturated heterocycles. The number of carbonyl (C=O) groups is 2. The number of likely N-dealkylation sites (tertiary alicyclic amines) is 1. The molecule has 5 nitrogen and oxygen atoms in total. The molecule has 138 valence electrons. The van der Waals surface area contributed by atoms with E-state index in [2.05, 4.69) is 12.2 Å². The fourth-order valence-corrected chi connectivity index (χ4v) is 3.73. The van der Waals surface area contributed by atoms with Gasteiger partial charge in [-0.3, -0.25) is 9.59 Å². The minimum atomic E-state index is 0. The summed E-state index contributed by atoms with van der Waals surface area (Å²) >= 11 is 0. The molecule has 0 aromatic heterocycles. The van der Waals surface area contributed by atoms with E-state index in [1.54, 1.807) is 11.8 Å². The Morgan fingerprint density at radius 3 is 2.56 bits per heavy atom. The number of nitrogens with one attached hydrogen (secondary N) is 1. The molecule has 6 heteroatoms. The zero-order valence-electron chi connectivity index (χ0n) is 15.1. The second-order valence-electron chi connectivity index (χ2n) is 6.81. The smallest absolute Gasteiger partial charge is 0.253 e. The molecule has 2 aliphatic rings. The molecule has 0 radical (unpaired) electrons. The number of benzene rings is 1. The van der Waals surface area contributed by atoms with Crippen LogP contribution in [0, 0.1) is 5.92 Å². The molecule has 3 rings (SSSR count). The van der Waals surface area contributed by atoms with E-state index < -0.39 is 0 Å². The van der Waals surface area contributed by atoms with Crippen LogP contribution in [0.25, 0.3) is 0 Å². The zero-order valence-corrected chi connectivity index (χ0v) is 15.9. The zero-order chi connectivity index (χ0) is 17.1. The van der Waals surface area contributed by atoms with Crippen LogP contribution in [0.1, 0.15) is 42.6 Å². The highest BCUT2D eigenvalue weighted by atomic mass is 35.5. The first-order chi connectivity index (χ1) is 11.6. The number of amides is 2. The summed E-state index contributed by atoms with van der Waals surface area (Å²) in [4.78, 5) is 28.2. The number of fused-ring (bicyclic) bond motifs is 1. The highest BCUT2D eigenvalue weighted by Gasteiger charge is 2.26. The Labute approximate surface area is 156 Å². The maximum absolute atomic E-state index is 12.8. The second-order valence-corrected chi connectivity index (χ2v) is 6.81. The molecular formula is C19H28ClN3O2. The first-order valence-electron chi connectivity index (χ1n) is 9.01. The van der Waals surface area contributed by atoms with Crippen LogP contribution in [0.5, 0.6) is 0 Å². The normalized spacial score (nSPS) is 17.2. The Balaban J connectivity index is 0.00000225. The number of piperidine rings is 1. The van der Waals surface area contributed by atoms with Gasteiger partial charge in [-0.2, -0.15) is 0 Å². The largest absolute Gasteiger partial charge is 0.339 e. The fraction of sp³-hybridized carbons (Fsp3) is 0.579. The second kappa shape index (κ2) is 8.68. The third-order valence-corrected chi connectivity index (χ3v) is 5.19. The van der Waals surface area contributed by atoms with Gasteiger partial charge in [0.15, 0.2) is 0 Å². The summed E-state index contributed by atoms with van der Waals surface area (Å²) in [7, 11) is 0. The van der Waals surface area contributed by atoms with Gasteiger partial charge in [0.1, 0.15) is 0 Å². The van der Waals surface area contributed by atoms with Gasteiger partial charge in [-0.1, -0.05) is 6.92 Å². The molecule has 0 atom stereocenters. The standard InChI is InChI=1S/C19H27N3O2.ClH/c1-3-20-13-15-6-9-21(10-7-15)19(24)17-4-5-18-16(12-17)8-11-22(18)14(2)23;/h4-5,12,15,20H,3,6-11,13H2,1-2H3;1H. The molecule has 1 aromatic rings. The van der Waals surface area contributed by atoms with E-state index in [0.717, 1.165) is 68.8 Å². The quantitative estimate of drug-likeness (QED) is 0.891. The SMILES string of the molecule is CCNCC1CCN(C(=O)c2ccc3c(c2)CCN3C(C)=O)CC1.Cl. The third kappa shape index (κ3) is 4.33. The molecule has 1 aromatic carbocycles. The summed E-state index contributed by atoms with van der Waals surface area (Å²) in [5, 5.41) is 3.40. The predicted octanol–water partition coefficient (Wildman–Crippen LogP) is 2.48. The van der Waals surface area contributed by atoms with Crippen molar-refractivity contribution in [3.63, 3.8) is 0 Å². The number of hydrogen-bond acceptors (Lipinski definition) is 3. The third-order valence-electron chi connectivity index (χ3n) is 5.19. The van der Waals surface area contributed by atoms with Crippen molar-refractivity contribution in [1.82, 2.24) is 10.2 Å². The Kier molecular flexibility index (Phi) is 6.85. The molecule has 2 aliphatic heterocycles. The van der Waals surface area contributed by atoms with Gasteiger partial charge in [0.05, 0.1) is 0 Å². The maximum atomic E-state index is 12.8. The summed E-state index contributed by atoms with van der Waals surface area (Å²) in [6.45, 7) is 8.17. The van der Waals surface area contributed by atoms with Crippen LogP contribution in [0.3, 0.4) is 0 Å². The van der Waals surface area contributed by atoms with E-state index in [9.17, 15) is 9.59 Å². The van der Waals surface area contributed by atoms with Crippen molar-refractivity contribution in [2.75, 3.05) is 37.6 Å². The molecule has 25 heavy (non-hydrogen) atoms. The van der Waals surface area contributed by atoms with Gasteiger partial charge in [0.2, 0.25) is 5.91 Å². The van der Waals surface area contributed by atoms with E-state index in [0.29, 0.717) is 5.92 Å². The average molecular weight is 366 g/mol. The summed E-state index contributed by atoms with van der Waals surface area (Å²) in [6.07, 6.45) is 2.98. The van der Waals surface area contributed by atoms with Gasteiger partial charge in [-0.25, -0.2) is 0 Å². The summed E-state index contributed by atoms with van der Waals surface area (Å²) in [5.41, 5.74) is 2.82. The number of rotatable bonds is 4. The van der Waals surface area contributed by atoms with Gasteiger partial charge in [0.25, 0.3) is 5.91 Å². The Morgan fingerprint density at radius 1 is 1.20 bits per heavy atom. The van der Waals surface area contributed by atoms with Crippen molar-refractivity contribution in [2.45, 2.75) is 33.1 Å². The fourth-order valence-electron chi connectivity index (χ4n) is 3.73. The lowest BCUT2D eigenvalue weighted by molar-refractivity contribution is -0.116. The Bertz CT molecular complexity index is 627. The molecule has 0 aliphatic carbocycles. The summed E-state index contributed by atoms with van der Waals surface area (Å²) in [5.74, 6) is 0.870. The maximum Gasteiger partial charge on any atom is 0.253 e. The van der Waals surface area contributed by atoms with Gasteiger partial charge < -0.3 is 15.1 Å². The molecule has 0 spiro atoms. The van der Waals surface area contributed by atoms with Gasteiger partial charge >= 0.3 is 0 Å². The minimum absolute atomic E-state index is 0. The molecule has 1 N–H and O–H groups in total. The lowest BCUT2D eigenvalue weighted by Crippen LogP contribution is -2.40. The van der Waals surface area contributed by atoms with E-state index >= 15 is 0 Å². The van der Waals surface area contributed by atoms with Crippen molar-refractivity contribution in [3.8, 4) is 0 Å². The summed E-state index contributed by atoms with van der Waals surface area (Å²) < 4.78 is 0. The van der Waals surface area contributed by atoms with Crippen LogP contribution in [-0.4, -0.2) is 49.4 Å². The highest BCUT2D eigenvalue weighted by Crippen LogP contribution is 2.29. The Morgan fingerprint density at radius 2 is 1.92 bits per heavy atom. The number of nitrogens with zero attached hydrogens (tertiary/aromatic N) is 2. The topological polar surface area (TPSA) is 52.7 Å². The number of hydrogen-bond donors (Lipinski definition) is 1. The minimum Gasteiger partial charge on any atom is -0.339 e. The number of carbonyl (C=O) groups excluding carboxylic acids is 2. The van der Waals surface area contributed by atoms with Crippen molar-refractivity contribution in [1.29, 1.82) is 0 Å². The molecule has 2 heterocycles. The van der Waals surface area contributed by atoms with Crippen molar-refractivity contribution in [3.05, 3.63) is 29.3 Å². The molecule has 0 unspecified atom stereocenters. The van der Waals surface area contributed by atoms with Crippen LogP contribution in [-0.2, 0) is 11.2 Å². The van der Waals surface area contributed by atoms with Gasteiger partial charge in [-0.15, -0.1) is 12.4 Å². The average Bonchev–Trinajstić information content (AvgIpc) is 3.03. The molecule has 0 saturated carbocycles. The van der Waals surface area contributed by atoms with Gasteiger partial charge in [-0.05, 0) is 62.0 Å². The van der Waals surface area contributed by atoms with E-state index in [4.69, 9.17) is 0 Å². The summed E-state index contributed by atoms with van der Waals surface area (Å²) in [6, 6.07) is 5.77. The first-order valence-corrected chi connectivity index (χ1v) is 9.01. The number of anilines is 1. The van der Waals surface area contributed by atoms with Crippen molar-refractivity contribution < 1.29 is 9.59 Å². The molecule has 2 amide bonds. The van der Waals surface area contributed by atoms with Crippen LogP contribution < -0.4 is 10.2 Å². The van der Waals surface area contributed by atoms with Crippen LogP contribution in [0.4, 0.5) is 5.69 Å². The van der Waals surface area contributed by atoms with Crippen LogP contribution in [0.15, 0.2) is 18.2 Å². The molecule has 1 fully saturated rings. The van der Waals surface area contributed by atoms with E-state index in [1.807, 2.05) is 23.1 Å². The number of halogens is 1. The van der Waals surface area contributed by atoms with Crippen molar-refractivity contribution in [2.24, 2.45) is 5.92 Å². The van der Waals surface area contributed by atoms with Gasteiger partial charge in [0, 0.05) is 37.8 Å². The Hall–Kier alpha value is -1.59. The van der Waals surface area contributed by atoms with Crippen molar-refractivity contribution >= 4 is 29.9 Å². The first kappa shape index (κ1) is 19.7. The van der Waals surface area contributed by atoms with E-state index in [1.165, 1.54) is 0 Å². The van der Waals surface area contributed by atoms with E-state index in [-0.39, 0.29) is 24.2 Å².